The molecule has 0 aliphatic heterocycles. The number of benzene rings is 2. The van der Waals surface area contributed by atoms with E-state index < -0.39 is 5.82 Å². The Hall–Kier alpha value is -2.27. The number of hydrogen-bond acceptors (Lipinski definition) is 3. The van der Waals surface area contributed by atoms with Crippen molar-refractivity contribution >= 4 is 17.4 Å². The van der Waals surface area contributed by atoms with Gasteiger partial charge < -0.3 is 15.7 Å². The van der Waals surface area contributed by atoms with Crippen molar-refractivity contribution in [1.82, 2.24) is 0 Å². The topological polar surface area (TPSA) is 67.8 Å². The number of amidine groups is 1. The van der Waals surface area contributed by atoms with Gasteiger partial charge in [-0.2, -0.15) is 0 Å². The SMILES string of the molecule is N/C(=N/O)c1ccc(Oc2cccc(Cl)c2F)cc1. The number of nitrogens with zero attached hydrogens (tertiary/aromatic N) is 1. The van der Waals surface area contributed by atoms with Crippen molar-refractivity contribution in [3.63, 3.8) is 0 Å². The molecule has 2 aromatic carbocycles. The van der Waals surface area contributed by atoms with E-state index in [4.69, 9.17) is 27.3 Å². The summed E-state index contributed by atoms with van der Waals surface area (Å²) in [6.45, 7) is 0. The van der Waals surface area contributed by atoms with E-state index in [2.05, 4.69) is 5.16 Å². The van der Waals surface area contributed by atoms with Crippen molar-refractivity contribution in [2.24, 2.45) is 10.9 Å². The van der Waals surface area contributed by atoms with Crippen LogP contribution in [0.4, 0.5) is 4.39 Å². The maximum atomic E-state index is 13.6. The zero-order chi connectivity index (χ0) is 13.8. The van der Waals surface area contributed by atoms with Gasteiger partial charge in [-0.15, -0.1) is 0 Å². The maximum absolute atomic E-state index is 13.6. The lowest BCUT2D eigenvalue weighted by Crippen LogP contribution is -2.12. The van der Waals surface area contributed by atoms with Crippen LogP contribution in [0.2, 0.25) is 5.02 Å². The van der Waals surface area contributed by atoms with Gasteiger partial charge in [0.1, 0.15) is 5.75 Å². The monoisotopic (exact) mass is 280 g/mol. The van der Waals surface area contributed by atoms with Gasteiger partial charge in [0, 0.05) is 5.56 Å². The summed E-state index contributed by atoms with van der Waals surface area (Å²) < 4.78 is 19.0. The van der Waals surface area contributed by atoms with Crippen LogP contribution in [0.3, 0.4) is 0 Å². The molecule has 0 aromatic heterocycles. The van der Waals surface area contributed by atoms with Crippen molar-refractivity contribution < 1.29 is 14.3 Å². The molecule has 2 rings (SSSR count). The molecule has 0 fully saturated rings. The van der Waals surface area contributed by atoms with Crippen molar-refractivity contribution in [1.29, 1.82) is 0 Å². The van der Waals surface area contributed by atoms with Gasteiger partial charge in [-0.25, -0.2) is 4.39 Å². The van der Waals surface area contributed by atoms with Gasteiger partial charge in [-0.05, 0) is 36.4 Å². The number of oxime groups is 1. The molecule has 0 spiro atoms. The van der Waals surface area contributed by atoms with Gasteiger partial charge in [0.15, 0.2) is 17.4 Å². The van der Waals surface area contributed by atoms with Crippen LogP contribution in [0.1, 0.15) is 5.56 Å². The molecule has 0 aliphatic carbocycles. The lowest BCUT2D eigenvalue weighted by Gasteiger charge is -2.08. The van der Waals surface area contributed by atoms with Crippen molar-refractivity contribution in [2.75, 3.05) is 0 Å². The highest BCUT2D eigenvalue weighted by Crippen LogP contribution is 2.28. The molecule has 0 heterocycles. The van der Waals surface area contributed by atoms with Crippen LogP contribution in [0, 0.1) is 5.82 Å². The summed E-state index contributed by atoms with van der Waals surface area (Å²) in [5.74, 6) is -0.190. The predicted molar refractivity (Wildman–Crippen MR) is 70.4 cm³/mol. The molecule has 0 aliphatic rings. The van der Waals surface area contributed by atoms with Gasteiger partial charge in [0.2, 0.25) is 0 Å². The average molecular weight is 281 g/mol. The molecule has 2 aromatic rings. The minimum absolute atomic E-state index is 0.00854. The Morgan fingerprint density at radius 3 is 2.53 bits per heavy atom. The van der Waals surface area contributed by atoms with E-state index in [0.717, 1.165) is 0 Å². The fourth-order valence-electron chi connectivity index (χ4n) is 1.44. The highest BCUT2D eigenvalue weighted by molar-refractivity contribution is 6.30. The second-order valence-corrected chi connectivity index (χ2v) is 4.07. The van der Waals surface area contributed by atoms with Crippen LogP contribution in [0.5, 0.6) is 11.5 Å². The van der Waals surface area contributed by atoms with Crippen LogP contribution < -0.4 is 10.5 Å². The maximum Gasteiger partial charge on any atom is 0.184 e. The lowest BCUT2D eigenvalue weighted by molar-refractivity contribution is 0.318. The number of nitrogens with two attached hydrogens (primary N) is 1. The van der Waals surface area contributed by atoms with E-state index in [0.29, 0.717) is 11.3 Å². The van der Waals surface area contributed by atoms with E-state index in [1.807, 2.05) is 0 Å². The Balaban J connectivity index is 2.22. The lowest BCUT2D eigenvalue weighted by atomic mass is 10.2. The third kappa shape index (κ3) is 2.95. The quantitative estimate of drug-likeness (QED) is 0.392. The Labute approximate surface area is 113 Å². The predicted octanol–water partition coefficient (Wildman–Crippen LogP) is 3.37. The van der Waals surface area contributed by atoms with Gasteiger partial charge in [0.25, 0.3) is 0 Å². The second-order valence-electron chi connectivity index (χ2n) is 3.66. The fraction of sp³-hybridized carbons (Fsp3) is 0. The van der Waals surface area contributed by atoms with E-state index in [-0.39, 0.29) is 16.6 Å². The summed E-state index contributed by atoms with van der Waals surface area (Å²) >= 11 is 5.65. The van der Waals surface area contributed by atoms with Crippen molar-refractivity contribution in [3.8, 4) is 11.5 Å². The highest BCUT2D eigenvalue weighted by atomic mass is 35.5. The Morgan fingerprint density at radius 2 is 1.89 bits per heavy atom. The summed E-state index contributed by atoms with van der Waals surface area (Å²) in [6, 6.07) is 10.8. The summed E-state index contributed by atoms with van der Waals surface area (Å²) in [5.41, 5.74) is 5.95. The van der Waals surface area contributed by atoms with Gasteiger partial charge in [-0.1, -0.05) is 22.8 Å². The molecule has 6 heteroatoms. The number of halogens is 2. The van der Waals surface area contributed by atoms with Gasteiger partial charge >= 0.3 is 0 Å². The van der Waals surface area contributed by atoms with Gasteiger partial charge in [0.05, 0.1) is 5.02 Å². The average Bonchev–Trinajstić information content (AvgIpc) is 2.44. The number of rotatable bonds is 3. The molecule has 19 heavy (non-hydrogen) atoms. The molecule has 0 saturated carbocycles. The number of ether oxygens (including phenoxy) is 1. The van der Waals surface area contributed by atoms with E-state index in [9.17, 15) is 4.39 Å². The molecule has 0 unspecified atom stereocenters. The minimum atomic E-state index is -0.621. The van der Waals surface area contributed by atoms with Crippen molar-refractivity contribution in [2.45, 2.75) is 0 Å². The third-order valence-electron chi connectivity index (χ3n) is 2.40. The third-order valence-corrected chi connectivity index (χ3v) is 2.69. The van der Waals surface area contributed by atoms with Crippen LogP contribution in [-0.2, 0) is 0 Å². The second kappa shape index (κ2) is 5.58. The summed E-state index contributed by atoms with van der Waals surface area (Å²) in [6.07, 6.45) is 0. The molecule has 98 valence electrons. The fourth-order valence-corrected chi connectivity index (χ4v) is 1.61. The number of hydrogen-bond donors (Lipinski definition) is 2. The highest BCUT2D eigenvalue weighted by Gasteiger charge is 2.08. The minimum Gasteiger partial charge on any atom is -0.454 e. The molecule has 0 saturated heterocycles. The summed E-state index contributed by atoms with van der Waals surface area (Å²) in [5, 5.41) is 11.4. The molecule has 0 amide bonds. The smallest absolute Gasteiger partial charge is 0.184 e. The normalized spacial score (nSPS) is 11.4. The molecular formula is C13H10ClFN2O2. The Bertz CT molecular complexity index is 615. The zero-order valence-electron chi connectivity index (χ0n) is 9.68. The largest absolute Gasteiger partial charge is 0.454 e. The summed E-state index contributed by atoms with van der Waals surface area (Å²) in [7, 11) is 0. The van der Waals surface area contributed by atoms with Crippen molar-refractivity contribution in [3.05, 3.63) is 58.9 Å². The van der Waals surface area contributed by atoms with E-state index in [1.165, 1.54) is 12.1 Å². The van der Waals surface area contributed by atoms with Crippen LogP contribution in [0.25, 0.3) is 0 Å². The first-order chi connectivity index (χ1) is 9.11. The molecule has 4 nitrogen and oxygen atoms in total. The van der Waals surface area contributed by atoms with E-state index in [1.54, 1.807) is 30.3 Å². The van der Waals surface area contributed by atoms with Crippen LogP contribution in [0.15, 0.2) is 47.6 Å². The first-order valence-electron chi connectivity index (χ1n) is 5.31. The Kier molecular flexibility index (Phi) is 3.87. The van der Waals surface area contributed by atoms with Gasteiger partial charge in [-0.3, -0.25) is 0 Å². The van der Waals surface area contributed by atoms with Crippen LogP contribution >= 0.6 is 11.6 Å². The molecule has 3 N–H and O–H groups in total. The first kappa shape index (κ1) is 13.2. The first-order valence-corrected chi connectivity index (χ1v) is 5.69. The van der Waals surface area contributed by atoms with Crippen LogP contribution in [-0.4, -0.2) is 11.0 Å². The molecular weight excluding hydrogens is 271 g/mol. The summed E-state index contributed by atoms with van der Waals surface area (Å²) in [4.78, 5) is 0. The molecule has 0 atom stereocenters. The standard InChI is InChI=1S/C13H10ClFN2O2/c14-10-2-1-3-11(12(10)15)19-9-6-4-8(5-7-9)13(16)17-18/h1-7,18H,(H2,16,17). The molecule has 0 bridgehead atoms. The Morgan fingerprint density at radius 1 is 1.21 bits per heavy atom. The molecule has 0 radical (unpaired) electrons. The zero-order valence-corrected chi connectivity index (χ0v) is 10.4. The van der Waals surface area contributed by atoms with E-state index >= 15 is 0 Å².